The number of anilines is 1. The summed E-state index contributed by atoms with van der Waals surface area (Å²) in [5, 5.41) is 7.89. The Morgan fingerprint density at radius 2 is 1.76 bits per heavy atom. The van der Waals surface area contributed by atoms with Gasteiger partial charge in [0.25, 0.3) is 10.0 Å². The second-order valence-corrected chi connectivity index (χ2v) is 10.8. The zero-order chi connectivity index (χ0) is 23.3. The molecule has 11 heteroatoms. The van der Waals surface area contributed by atoms with Crippen molar-refractivity contribution in [1.82, 2.24) is 19.5 Å². The highest BCUT2D eigenvalue weighted by Gasteiger charge is 2.34. The van der Waals surface area contributed by atoms with Crippen molar-refractivity contribution >= 4 is 43.2 Å². The normalized spacial score (nSPS) is 17.5. The van der Waals surface area contributed by atoms with E-state index in [1.54, 1.807) is 22.7 Å². The number of aromatic nitrogens is 3. The standard InChI is InChI=1S/C23H20N6O3S2/c30-21(25-22-26-29-14-18(24-23(29)33-22)15-6-2-1-3-7-15)16-10-12-28(13-11-16)20-17-8-4-5-9-19(17)34(31,32)27-20/h1-9,14,16H,10-13H2,(H,25,26,30). The van der Waals surface area contributed by atoms with Crippen LogP contribution in [0.2, 0.25) is 0 Å². The van der Waals surface area contributed by atoms with E-state index >= 15 is 0 Å². The number of benzene rings is 2. The van der Waals surface area contributed by atoms with Crippen LogP contribution in [0.15, 0.2) is 70.1 Å². The van der Waals surface area contributed by atoms with E-state index in [4.69, 9.17) is 0 Å². The molecule has 2 aromatic heterocycles. The molecule has 0 unspecified atom stereocenters. The van der Waals surface area contributed by atoms with Crippen molar-refractivity contribution in [2.45, 2.75) is 17.7 Å². The second-order valence-electron chi connectivity index (χ2n) is 8.26. The van der Waals surface area contributed by atoms with Crippen LogP contribution >= 0.6 is 11.3 Å². The van der Waals surface area contributed by atoms with E-state index in [9.17, 15) is 13.2 Å². The van der Waals surface area contributed by atoms with Gasteiger partial charge < -0.3 is 10.2 Å². The van der Waals surface area contributed by atoms with E-state index in [1.807, 2.05) is 47.5 Å². The Hall–Kier alpha value is -3.57. The van der Waals surface area contributed by atoms with Crippen molar-refractivity contribution in [3.05, 3.63) is 66.4 Å². The van der Waals surface area contributed by atoms with Crippen LogP contribution in [-0.2, 0) is 14.8 Å². The van der Waals surface area contributed by atoms with Crippen molar-refractivity contribution in [1.29, 1.82) is 0 Å². The number of amides is 1. The van der Waals surface area contributed by atoms with E-state index in [-0.39, 0.29) is 16.7 Å². The summed E-state index contributed by atoms with van der Waals surface area (Å²) in [6, 6.07) is 16.7. The van der Waals surface area contributed by atoms with Gasteiger partial charge in [0, 0.05) is 30.1 Å². The molecular formula is C23H20N6O3S2. The molecule has 0 radical (unpaired) electrons. The number of piperidine rings is 1. The quantitative estimate of drug-likeness (QED) is 0.470. The van der Waals surface area contributed by atoms with Gasteiger partial charge >= 0.3 is 0 Å². The summed E-state index contributed by atoms with van der Waals surface area (Å²) in [5.74, 6) is 0.215. The molecule has 1 saturated heterocycles. The van der Waals surface area contributed by atoms with Crippen molar-refractivity contribution in [2.75, 3.05) is 18.4 Å². The number of nitrogens with one attached hydrogen (secondary N) is 1. The Bertz CT molecular complexity index is 1500. The summed E-state index contributed by atoms with van der Waals surface area (Å²) in [7, 11) is -3.65. The number of fused-ring (bicyclic) bond motifs is 2. The minimum absolute atomic E-state index is 0.0821. The number of hydrogen-bond donors (Lipinski definition) is 1. The largest absolute Gasteiger partial charge is 0.355 e. The third-order valence-electron chi connectivity index (χ3n) is 6.12. The Morgan fingerprint density at radius 3 is 2.53 bits per heavy atom. The Balaban J connectivity index is 1.11. The molecule has 0 atom stereocenters. The first kappa shape index (κ1) is 21.0. The summed E-state index contributed by atoms with van der Waals surface area (Å²) in [5.41, 5.74) is 2.48. The monoisotopic (exact) mass is 492 g/mol. The average molecular weight is 493 g/mol. The Morgan fingerprint density at radius 1 is 1.03 bits per heavy atom. The average Bonchev–Trinajstić information content (AvgIpc) is 3.50. The van der Waals surface area contributed by atoms with Crippen LogP contribution in [0.1, 0.15) is 18.4 Å². The van der Waals surface area contributed by atoms with Crippen molar-refractivity contribution in [2.24, 2.45) is 10.3 Å². The molecule has 9 nitrogen and oxygen atoms in total. The molecule has 6 rings (SSSR count). The number of hydrogen-bond acceptors (Lipinski definition) is 7. The zero-order valence-corrected chi connectivity index (χ0v) is 19.6. The van der Waals surface area contributed by atoms with Crippen molar-refractivity contribution in [3.8, 4) is 11.3 Å². The minimum atomic E-state index is -3.65. The molecule has 2 aromatic carbocycles. The number of amidine groups is 1. The Labute approximate surface area is 199 Å². The minimum Gasteiger partial charge on any atom is -0.355 e. The molecule has 0 saturated carbocycles. The SMILES string of the molecule is O=C(Nc1nn2cc(-c3ccccc3)nc2s1)C1CCN(C2=NS(=O)(=O)c3ccccc32)CC1. The molecule has 4 aromatic rings. The fourth-order valence-corrected chi connectivity index (χ4v) is 6.39. The third kappa shape index (κ3) is 3.66. The predicted molar refractivity (Wildman–Crippen MR) is 129 cm³/mol. The molecular weight excluding hydrogens is 472 g/mol. The molecule has 2 aliphatic rings. The molecule has 34 heavy (non-hydrogen) atoms. The molecule has 172 valence electrons. The number of carbonyl (C=O) groups is 1. The van der Waals surface area contributed by atoms with Gasteiger partial charge in [-0.05, 0) is 25.0 Å². The molecule has 0 spiro atoms. The van der Waals surface area contributed by atoms with E-state index in [1.165, 1.54) is 11.3 Å². The molecule has 4 heterocycles. The number of likely N-dealkylation sites (tertiary alicyclic amines) is 1. The Kier molecular flexibility index (Phi) is 4.96. The van der Waals surface area contributed by atoms with Crippen LogP contribution in [0, 0.1) is 5.92 Å². The van der Waals surface area contributed by atoms with Gasteiger partial charge in [0.2, 0.25) is 16.0 Å². The van der Waals surface area contributed by atoms with Crippen LogP contribution in [0.25, 0.3) is 16.2 Å². The second kappa shape index (κ2) is 8.03. The predicted octanol–water partition coefficient (Wildman–Crippen LogP) is 3.26. The maximum atomic E-state index is 12.9. The number of sulfonamides is 1. The molecule has 1 amide bonds. The van der Waals surface area contributed by atoms with Crippen LogP contribution in [-0.4, -0.2) is 52.7 Å². The molecule has 0 aliphatic carbocycles. The first-order valence-electron chi connectivity index (χ1n) is 10.9. The lowest BCUT2D eigenvalue weighted by Crippen LogP contribution is -2.41. The van der Waals surface area contributed by atoms with Crippen LogP contribution in [0.4, 0.5) is 5.13 Å². The van der Waals surface area contributed by atoms with Gasteiger partial charge in [-0.2, -0.15) is 8.42 Å². The number of nitrogens with zero attached hydrogens (tertiary/aromatic N) is 5. The van der Waals surface area contributed by atoms with Gasteiger partial charge in [-0.15, -0.1) is 9.50 Å². The van der Waals surface area contributed by atoms with Gasteiger partial charge in [-0.1, -0.05) is 53.8 Å². The highest BCUT2D eigenvalue weighted by Crippen LogP contribution is 2.30. The van der Waals surface area contributed by atoms with E-state index < -0.39 is 10.0 Å². The fourth-order valence-electron chi connectivity index (χ4n) is 4.38. The van der Waals surface area contributed by atoms with Gasteiger partial charge in [-0.3, -0.25) is 4.79 Å². The van der Waals surface area contributed by atoms with E-state index in [0.717, 1.165) is 11.3 Å². The van der Waals surface area contributed by atoms with Gasteiger partial charge in [0.15, 0.2) is 5.84 Å². The first-order valence-corrected chi connectivity index (χ1v) is 13.2. The lowest BCUT2D eigenvalue weighted by molar-refractivity contribution is -0.121. The summed E-state index contributed by atoms with van der Waals surface area (Å²) < 4.78 is 30.4. The van der Waals surface area contributed by atoms with Gasteiger partial charge in [0.05, 0.1) is 11.9 Å². The van der Waals surface area contributed by atoms with Crippen LogP contribution < -0.4 is 5.32 Å². The molecule has 2 aliphatic heterocycles. The molecule has 1 fully saturated rings. The summed E-state index contributed by atoms with van der Waals surface area (Å²) in [6.07, 6.45) is 3.06. The van der Waals surface area contributed by atoms with Gasteiger partial charge in [0.1, 0.15) is 4.90 Å². The summed E-state index contributed by atoms with van der Waals surface area (Å²) in [6.45, 7) is 1.12. The number of rotatable bonds is 3. The fraction of sp³-hybridized carbons (Fsp3) is 0.217. The van der Waals surface area contributed by atoms with E-state index in [2.05, 4.69) is 19.8 Å². The highest BCUT2D eigenvalue weighted by molar-refractivity contribution is 7.90. The van der Waals surface area contributed by atoms with Gasteiger partial charge in [-0.25, -0.2) is 9.50 Å². The van der Waals surface area contributed by atoms with Crippen molar-refractivity contribution < 1.29 is 13.2 Å². The van der Waals surface area contributed by atoms with Crippen LogP contribution in [0.3, 0.4) is 0 Å². The number of carbonyl (C=O) groups excluding carboxylic acids is 1. The first-order chi connectivity index (χ1) is 16.5. The highest BCUT2D eigenvalue weighted by atomic mass is 32.2. The summed E-state index contributed by atoms with van der Waals surface area (Å²) in [4.78, 5) is 20.4. The lowest BCUT2D eigenvalue weighted by atomic mass is 9.95. The molecule has 0 bridgehead atoms. The lowest BCUT2D eigenvalue weighted by Gasteiger charge is -2.32. The maximum Gasteiger partial charge on any atom is 0.285 e. The number of imidazole rings is 1. The smallest absolute Gasteiger partial charge is 0.285 e. The molecule has 1 N–H and O–H groups in total. The third-order valence-corrected chi connectivity index (χ3v) is 8.28. The van der Waals surface area contributed by atoms with Crippen LogP contribution in [0.5, 0.6) is 0 Å². The maximum absolute atomic E-state index is 12.9. The topological polar surface area (TPSA) is 109 Å². The summed E-state index contributed by atoms with van der Waals surface area (Å²) >= 11 is 1.33. The van der Waals surface area contributed by atoms with Crippen molar-refractivity contribution in [3.63, 3.8) is 0 Å². The zero-order valence-electron chi connectivity index (χ0n) is 18.0. The van der Waals surface area contributed by atoms with E-state index in [0.29, 0.717) is 47.4 Å².